The third kappa shape index (κ3) is 3.85. The molecule has 0 unspecified atom stereocenters. The van der Waals surface area contributed by atoms with Gasteiger partial charge in [0.25, 0.3) is 5.91 Å². The number of sulfonamides is 1. The highest BCUT2D eigenvalue weighted by Gasteiger charge is 2.40. The van der Waals surface area contributed by atoms with Crippen molar-refractivity contribution >= 4 is 44.8 Å². The average Bonchev–Trinajstić information content (AvgIpc) is 3.21. The van der Waals surface area contributed by atoms with Gasteiger partial charge in [-0.15, -0.1) is 0 Å². The molecule has 2 aliphatic rings. The fourth-order valence-corrected chi connectivity index (χ4v) is 5.31. The second-order valence-corrected chi connectivity index (χ2v) is 9.18. The molecule has 2 aromatic carbocycles. The van der Waals surface area contributed by atoms with E-state index in [1.54, 1.807) is 0 Å². The summed E-state index contributed by atoms with van der Waals surface area (Å²) in [5.74, 6) is -1.16. The number of hydrogen-bond donors (Lipinski definition) is 2. The number of halogens is 2. The molecule has 1 fully saturated rings. The molecule has 2 heterocycles. The molecule has 8 nitrogen and oxygen atoms in total. The fraction of sp³-hybridized carbons (Fsp3) is 0.263. The first-order valence-electron chi connectivity index (χ1n) is 9.10. The zero-order valence-corrected chi connectivity index (χ0v) is 17.1. The van der Waals surface area contributed by atoms with Crippen molar-refractivity contribution in [3.63, 3.8) is 0 Å². The molecule has 2 aliphatic heterocycles. The SMILES string of the molecule is O=C1COc2ccc(S(=O)(=O)N3CCC[C@H]3C(=O)Nc3ccc(F)c(Cl)c3)cc2N1. The first kappa shape index (κ1) is 20.6. The summed E-state index contributed by atoms with van der Waals surface area (Å²) in [7, 11) is -4.01. The molecule has 1 atom stereocenters. The van der Waals surface area contributed by atoms with Gasteiger partial charge >= 0.3 is 0 Å². The van der Waals surface area contributed by atoms with Crippen LogP contribution in [0.5, 0.6) is 5.75 Å². The smallest absolute Gasteiger partial charge is 0.262 e. The molecule has 2 amide bonds. The summed E-state index contributed by atoms with van der Waals surface area (Å²) < 4.78 is 46.1. The largest absolute Gasteiger partial charge is 0.482 e. The summed E-state index contributed by atoms with van der Waals surface area (Å²) in [6.45, 7) is 0.0331. The molecular formula is C19H17ClFN3O5S. The predicted octanol–water partition coefficient (Wildman–Crippen LogP) is 2.60. The summed E-state index contributed by atoms with van der Waals surface area (Å²) >= 11 is 5.73. The summed E-state index contributed by atoms with van der Waals surface area (Å²) in [5.41, 5.74) is 0.526. The molecule has 1 saturated heterocycles. The van der Waals surface area contributed by atoms with Gasteiger partial charge < -0.3 is 15.4 Å². The molecule has 30 heavy (non-hydrogen) atoms. The zero-order valence-electron chi connectivity index (χ0n) is 15.5. The van der Waals surface area contributed by atoms with Crippen LogP contribution in [0.15, 0.2) is 41.3 Å². The summed E-state index contributed by atoms with van der Waals surface area (Å²) in [4.78, 5) is 24.2. The number of carbonyl (C=O) groups excluding carboxylic acids is 2. The third-order valence-electron chi connectivity index (χ3n) is 4.88. The molecule has 11 heteroatoms. The van der Waals surface area contributed by atoms with Crippen molar-refractivity contribution in [2.45, 2.75) is 23.8 Å². The Kier molecular flexibility index (Phi) is 5.39. The van der Waals surface area contributed by atoms with Gasteiger partial charge in [0.05, 0.1) is 15.6 Å². The van der Waals surface area contributed by atoms with Gasteiger partial charge in [0.2, 0.25) is 15.9 Å². The number of benzene rings is 2. The number of ether oxygens (including phenoxy) is 1. The van der Waals surface area contributed by atoms with Crippen LogP contribution in [0.25, 0.3) is 0 Å². The van der Waals surface area contributed by atoms with Gasteiger partial charge in [0.1, 0.15) is 17.6 Å². The van der Waals surface area contributed by atoms with E-state index in [0.29, 0.717) is 18.6 Å². The minimum absolute atomic E-state index is 0.0587. The predicted molar refractivity (Wildman–Crippen MR) is 108 cm³/mol. The lowest BCUT2D eigenvalue weighted by Crippen LogP contribution is -2.43. The van der Waals surface area contributed by atoms with Gasteiger partial charge in [-0.1, -0.05) is 11.6 Å². The topological polar surface area (TPSA) is 105 Å². The Morgan fingerprint density at radius 3 is 2.83 bits per heavy atom. The highest BCUT2D eigenvalue weighted by Crippen LogP contribution is 2.33. The highest BCUT2D eigenvalue weighted by atomic mass is 35.5. The quantitative estimate of drug-likeness (QED) is 0.740. The second kappa shape index (κ2) is 7.86. The normalized spacial score (nSPS) is 19.0. The monoisotopic (exact) mass is 453 g/mol. The van der Waals surface area contributed by atoms with E-state index in [4.69, 9.17) is 16.3 Å². The van der Waals surface area contributed by atoms with E-state index < -0.39 is 27.8 Å². The van der Waals surface area contributed by atoms with E-state index in [-0.39, 0.29) is 40.4 Å². The maximum atomic E-state index is 13.3. The Hall–Kier alpha value is -2.69. The Morgan fingerprint density at radius 1 is 1.27 bits per heavy atom. The van der Waals surface area contributed by atoms with E-state index in [1.807, 2.05) is 0 Å². The van der Waals surface area contributed by atoms with Crippen molar-refractivity contribution in [3.8, 4) is 5.75 Å². The van der Waals surface area contributed by atoms with Crippen LogP contribution in [0.3, 0.4) is 0 Å². The molecule has 0 aliphatic carbocycles. The minimum atomic E-state index is -4.01. The number of hydrogen-bond acceptors (Lipinski definition) is 5. The summed E-state index contributed by atoms with van der Waals surface area (Å²) in [5, 5.41) is 5.01. The number of carbonyl (C=O) groups is 2. The molecule has 2 N–H and O–H groups in total. The van der Waals surface area contributed by atoms with Crippen LogP contribution in [-0.4, -0.2) is 43.7 Å². The summed E-state index contributed by atoms with van der Waals surface area (Å²) in [6, 6.07) is 6.94. The van der Waals surface area contributed by atoms with Gasteiger partial charge in [-0.3, -0.25) is 9.59 Å². The van der Waals surface area contributed by atoms with E-state index in [1.165, 1.54) is 30.3 Å². The zero-order chi connectivity index (χ0) is 21.5. The van der Waals surface area contributed by atoms with E-state index >= 15 is 0 Å². The Balaban J connectivity index is 1.57. The lowest BCUT2D eigenvalue weighted by molar-refractivity contribution is -0.119. The van der Waals surface area contributed by atoms with Crippen molar-refractivity contribution in [1.82, 2.24) is 4.31 Å². The van der Waals surface area contributed by atoms with Gasteiger partial charge in [-0.05, 0) is 49.2 Å². The first-order valence-corrected chi connectivity index (χ1v) is 10.9. The molecular weight excluding hydrogens is 437 g/mol. The van der Waals surface area contributed by atoms with E-state index in [2.05, 4.69) is 10.6 Å². The molecule has 2 aromatic rings. The van der Waals surface area contributed by atoms with Crippen LogP contribution in [0.1, 0.15) is 12.8 Å². The number of fused-ring (bicyclic) bond motifs is 1. The highest BCUT2D eigenvalue weighted by molar-refractivity contribution is 7.89. The van der Waals surface area contributed by atoms with Crippen molar-refractivity contribution in [2.75, 3.05) is 23.8 Å². The standard InChI is InChI=1S/C19H17ClFN3O5S/c20-13-8-11(3-5-14(13)21)22-19(26)16-2-1-7-24(16)30(27,28)12-4-6-17-15(9-12)23-18(25)10-29-17/h3-6,8-9,16H,1-2,7,10H2,(H,22,26)(H,23,25)/t16-/m0/s1. The molecule has 0 radical (unpaired) electrons. The third-order valence-corrected chi connectivity index (χ3v) is 7.08. The fourth-order valence-electron chi connectivity index (χ4n) is 3.45. The van der Waals surface area contributed by atoms with Crippen LogP contribution < -0.4 is 15.4 Å². The Labute approximate surface area is 177 Å². The maximum Gasteiger partial charge on any atom is 0.262 e. The maximum absolute atomic E-state index is 13.3. The van der Waals surface area contributed by atoms with Crippen LogP contribution in [0.4, 0.5) is 15.8 Å². The molecule has 158 valence electrons. The molecule has 0 spiro atoms. The number of nitrogens with zero attached hydrogens (tertiary/aromatic N) is 1. The molecule has 0 bridgehead atoms. The molecule has 0 aromatic heterocycles. The number of nitrogens with one attached hydrogen (secondary N) is 2. The van der Waals surface area contributed by atoms with Crippen molar-refractivity contribution in [3.05, 3.63) is 47.2 Å². The van der Waals surface area contributed by atoms with Crippen molar-refractivity contribution < 1.29 is 27.1 Å². The lowest BCUT2D eigenvalue weighted by atomic mass is 10.2. The molecule has 4 rings (SSSR count). The number of amides is 2. The van der Waals surface area contributed by atoms with E-state index in [9.17, 15) is 22.4 Å². The van der Waals surface area contributed by atoms with Gasteiger partial charge in [-0.2, -0.15) is 4.31 Å². The van der Waals surface area contributed by atoms with Crippen LogP contribution in [0, 0.1) is 5.82 Å². The molecule has 0 saturated carbocycles. The van der Waals surface area contributed by atoms with Crippen LogP contribution in [0.2, 0.25) is 5.02 Å². The van der Waals surface area contributed by atoms with E-state index in [0.717, 1.165) is 10.4 Å². The van der Waals surface area contributed by atoms with Crippen molar-refractivity contribution in [1.29, 1.82) is 0 Å². The van der Waals surface area contributed by atoms with Gasteiger partial charge in [0, 0.05) is 12.2 Å². The Morgan fingerprint density at radius 2 is 2.07 bits per heavy atom. The lowest BCUT2D eigenvalue weighted by Gasteiger charge is -2.24. The Bertz CT molecular complexity index is 1140. The number of anilines is 2. The second-order valence-electron chi connectivity index (χ2n) is 6.89. The average molecular weight is 454 g/mol. The van der Waals surface area contributed by atoms with Crippen molar-refractivity contribution in [2.24, 2.45) is 0 Å². The number of rotatable bonds is 4. The van der Waals surface area contributed by atoms with Crippen LogP contribution in [-0.2, 0) is 19.6 Å². The first-order chi connectivity index (χ1) is 14.3. The van der Waals surface area contributed by atoms with Gasteiger partial charge in [0.15, 0.2) is 6.61 Å². The van der Waals surface area contributed by atoms with Crippen LogP contribution >= 0.6 is 11.6 Å². The minimum Gasteiger partial charge on any atom is -0.482 e. The summed E-state index contributed by atoms with van der Waals surface area (Å²) in [6.07, 6.45) is 0.844. The van der Waals surface area contributed by atoms with Gasteiger partial charge in [-0.25, -0.2) is 12.8 Å².